The number of ketones is 1. The average Bonchev–Trinajstić information content (AvgIpc) is 2.88. The fraction of sp³-hybridized carbons (Fsp3) is 0.182. The molecule has 146 valence electrons. The topological polar surface area (TPSA) is 51.3 Å². The van der Waals surface area contributed by atoms with E-state index in [0.29, 0.717) is 4.90 Å². The van der Waals surface area contributed by atoms with Crippen molar-refractivity contribution in [3.63, 3.8) is 0 Å². The van der Waals surface area contributed by atoms with Gasteiger partial charge in [-0.1, -0.05) is 36.4 Å². The number of benzene rings is 2. The number of aromatic nitrogens is 2. The smallest absolute Gasteiger partial charge is 0.178 e. The maximum atomic E-state index is 11.5. The van der Waals surface area contributed by atoms with Gasteiger partial charge >= 0.3 is 0 Å². The molecule has 1 N–H and O–H groups in total. The number of nitrogens with zero attached hydrogens (tertiary/aromatic N) is 3. The van der Waals surface area contributed by atoms with Crippen LogP contribution in [0.2, 0.25) is 0 Å². The van der Waals surface area contributed by atoms with Crippen LogP contribution >= 0.6 is 0 Å². The summed E-state index contributed by atoms with van der Waals surface area (Å²) in [6.45, 7) is 5.42. The van der Waals surface area contributed by atoms with Crippen molar-refractivity contribution in [2.75, 3.05) is 5.32 Å². The molecule has 0 saturated carbocycles. The van der Waals surface area contributed by atoms with E-state index < -0.39 is 0 Å². The van der Waals surface area contributed by atoms with Crippen molar-refractivity contribution in [1.82, 2.24) is 9.36 Å². The fourth-order valence-electron chi connectivity index (χ4n) is 3.04. The largest absolute Gasteiger partial charge is 0.778 e. The van der Waals surface area contributed by atoms with Gasteiger partial charge < -0.3 is 17.9 Å². The molecule has 3 rings (SSSR count). The van der Waals surface area contributed by atoms with Gasteiger partial charge in [0, 0.05) is 37.9 Å². The van der Waals surface area contributed by atoms with E-state index in [4.69, 9.17) is 17.6 Å². The number of allylic oxidation sites excluding steroid dienone is 2. The number of para-hydroxylation sites is 2. The molecule has 2 aromatic carbocycles. The molecule has 0 unspecified atom stereocenters. The molecule has 1 aromatic heterocycles. The molecule has 0 atom stereocenters. The van der Waals surface area contributed by atoms with E-state index >= 15 is 0 Å². The standard InChI is InChI=1S/C22H24N4OS.Zn/c1-15(14-16(2)27)23-21-17(3)25(4)26(18-10-6-5-7-11-18)22(21)24-19-12-8-9-13-20(19)28;/h5-14,23,28H,1-4H3;/p-1/b15-14-,24-22?;. The first-order valence-corrected chi connectivity index (χ1v) is 9.40. The van der Waals surface area contributed by atoms with E-state index in [0.717, 1.165) is 33.9 Å². The van der Waals surface area contributed by atoms with Crippen molar-refractivity contribution in [3.05, 3.63) is 77.6 Å². The minimum atomic E-state index is -0.0103. The molecule has 1 heterocycles. The molecule has 0 aliphatic heterocycles. The van der Waals surface area contributed by atoms with E-state index in [1.807, 2.05) is 84.9 Å². The van der Waals surface area contributed by atoms with Gasteiger partial charge in [0.2, 0.25) is 0 Å². The predicted molar refractivity (Wildman–Crippen MR) is 115 cm³/mol. The molecule has 0 radical (unpaired) electrons. The summed E-state index contributed by atoms with van der Waals surface area (Å²) in [7, 11) is 1.98. The summed E-state index contributed by atoms with van der Waals surface area (Å²) in [4.78, 5) is 17.1. The summed E-state index contributed by atoms with van der Waals surface area (Å²) in [5.74, 6) is -0.0103. The minimum absolute atomic E-state index is 0. The summed E-state index contributed by atoms with van der Waals surface area (Å²) in [5, 5.41) is 3.35. The number of nitrogens with one attached hydrogen (secondary N) is 1. The monoisotopic (exact) mass is 455 g/mol. The normalized spacial score (nSPS) is 11.9. The van der Waals surface area contributed by atoms with E-state index in [2.05, 4.69) is 5.32 Å². The summed E-state index contributed by atoms with van der Waals surface area (Å²) in [6, 6.07) is 17.6. The molecule has 5 nitrogen and oxygen atoms in total. The molecule has 0 fully saturated rings. The number of carbonyl (C=O) groups excluding carboxylic acids is 1. The van der Waals surface area contributed by atoms with Gasteiger partial charge in [0.05, 0.1) is 11.4 Å². The van der Waals surface area contributed by atoms with Crippen molar-refractivity contribution in [1.29, 1.82) is 0 Å². The maximum Gasteiger partial charge on any atom is 0.178 e. The van der Waals surface area contributed by atoms with Crippen LogP contribution in [0.15, 0.2) is 76.3 Å². The number of hydrogen-bond donors (Lipinski definition) is 1. The summed E-state index contributed by atoms with van der Waals surface area (Å²) in [6.07, 6.45) is 1.57. The van der Waals surface area contributed by atoms with Crippen LogP contribution in [0, 0.1) is 6.92 Å². The SMILES string of the molecule is CC(=O)/C=C(/C)Nc1c(C)n(C)n(-c2ccccc2)c1=Nc1ccccc1[S-].[Zn]. The predicted octanol–water partition coefficient (Wildman–Crippen LogP) is 4.16. The first kappa shape index (κ1) is 22.8. The molecule has 29 heavy (non-hydrogen) atoms. The average molecular weight is 457 g/mol. The minimum Gasteiger partial charge on any atom is -0.778 e. The fourth-order valence-corrected chi connectivity index (χ4v) is 3.23. The van der Waals surface area contributed by atoms with Crippen LogP contribution in [-0.4, -0.2) is 15.1 Å². The Kier molecular flexibility index (Phi) is 7.71. The molecule has 0 bridgehead atoms. The Hall–Kier alpha value is -2.50. The van der Waals surface area contributed by atoms with Crippen molar-refractivity contribution in [3.8, 4) is 5.69 Å². The molecule has 0 aliphatic rings. The van der Waals surface area contributed by atoms with Gasteiger partial charge in [-0.3, -0.25) is 9.48 Å². The second-order valence-corrected chi connectivity index (χ2v) is 7.04. The van der Waals surface area contributed by atoms with Crippen LogP contribution in [0.4, 0.5) is 11.4 Å². The van der Waals surface area contributed by atoms with Crippen LogP contribution in [0.5, 0.6) is 0 Å². The van der Waals surface area contributed by atoms with Gasteiger partial charge in [-0.15, -0.1) is 4.90 Å². The van der Waals surface area contributed by atoms with Crippen LogP contribution in [-0.2, 0) is 43.9 Å². The van der Waals surface area contributed by atoms with Crippen LogP contribution in [0.3, 0.4) is 0 Å². The Bertz CT molecular complexity index is 1110. The molecule has 0 aliphatic carbocycles. The molecular formula is C22H23N4OSZn-. The molecule has 0 amide bonds. The van der Waals surface area contributed by atoms with Gasteiger partial charge in [0.1, 0.15) is 5.69 Å². The Morgan fingerprint density at radius 3 is 2.31 bits per heavy atom. The van der Waals surface area contributed by atoms with Crippen LogP contribution < -0.4 is 10.8 Å². The van der Waals surface area contributed by atoms with Crippen LogP contribution in [0.25, 0.3) is 5.69 Å². The summed E-state index contributed by atoms with van der Waals surface area (Å²) < 4.78 is 4.06. The number of rotatable bonds is 5. The van der Waals surface area contributed by atoms with Gasteiger partial charge in [0.15, 0.2) is 11.3 Å². The summed E-state index contributed by atoms with van der Waals surface area (Å²) in [5.41, 5.74) is 5.00. The van der Waals surface area contributed by atoms with E-state index in [1.54, 1.807) is 6.08 Å². The van der Waals surface area contributed by atoms with Crippen molar-refractivity contribution < 1.29 is 24.3 Å². The Morgan fingerprint density at radius 1 is 1.07 bits per heavy atom. The summed E-state index contributed by atoms with van der Waals surface area (Å²) >= 11 is 5.45. The van der Waals surface area contributed by atoms with Gasteiger partial charge in [-0.2, -0.15) is 0 Å². The zero-order valence-electron chi connectivity index (χ0n) is 17.1. The molecule has 0 spiro atoms. The van der Waals surface area contributed by atoms with Gasteiger partial charge in [-0.25, -0.2) is 9.67 Å². The van der Waals surface area contributed by atoms with E-state index in [-0.39, 0.29) is 25.3 Å². The molecule has 0 saturated heterocycles. The molecule has 7 heteroatoms. The zero-order chi connectivity index (χ0) is 20.3. The Labute approximate surface area is 189 Å². The van der Waals surface area contributed by atoms with E-state index in [1.165, 1.54) is 6.92 Å². The van der Waals surface area contributed by atoms with Crippen molar-refractivity contribution in [2.45, 2.75) is 25.7 Å². The molecular weight excluding hydrogens is 434 g/mol. The third kappa shape index (κ3) is 5.11. The Balaban J connectivity index is 0.00000300. The third-order valence-corrected chi connectivity index (χ3v) is 4.75. The quantitative estimate of drug-likeness (QED) is 0.356. The van der Waals surface area contributed by atoms with E-state index in [9.17, 15) is 4.79 Å². The first-order valence-electron chi connectivity index (χ1n) is 8.99. The first-order chi connectivity index (χ1) is 13.4. The zero-order valence-corrected chi connectivity index (χ0v) is 20.9. The van der Waals surface area contributed by atoms with Gasteiger partial charge in [0.25, 0.3) is 0 Å². The second kappa shape index (κ2) is 9.81. The number of anilines is 1. The van der Waals surface area contributed by atoms with Gasteiger partial charge in [-0.05, 0) is 45.0 Å². The molecule has 3 aromatic rings. The maximum absolute atomic E-state index is 11.5. The van der Waals surface area contributed by atoms with Crippen LogP contribution in [0.1, 0.15) is 19.5 Å². The van der Waals surface area contributed by atoms with Crippen molar-refractivity contribution in [2.24, 2.45) is 12.0 Å². The number of hydrogen-bond acceptors (Lipinski definition) is 4. The van der Waals surface area contributed by atoms with Crippen molar-refractivity contribution >= 4 is 29.8 Å². The number of carbonyl (C=O) groups is 1. The Morgan fingerprint density at radius 2 is 1.69 bits per heavy atom. The third-order valence-electron chi connectivity index (χ3n) is 4.41. The second-order valence-electron chi connectivity index (χ2n) is 6.60.